The van der Waals surface area contributed by atoms with Crippen molar-refractivity contribution in [2.45, 2.75) is 18.7 Å². The third kappa shape index (κ3) is 3.78. The van der Waals surface area contributed by atoms with Gasteiger partial charge < -0.3 is 9.47 Å². The van der Waals surface area contributed by atoms with Gasteiger partial charge in [0.25, 0.3) is 0 Å². The van der Waals surface area contributed by atoms with Crippen molar-refractivity contribution < 1.29 is 27.4 Å². The number of rotatable bonds is 3. The molecule has 0 aliphatic carbocycles. The number of carbonyl (C=O) groups excluding carboxylic acids is 1. The highest BCUT2D eigenvalue weighted by Gasteiger charge is 2.31. The molecule has 104 valence electrons. The minimum Gasteiger partial charge on any atom is -0.376 e. The van der Waals surface area contributed by atoms with Crippen LogP contribution in [0, 0.1) is 0 Å². The molecule has 1 saturated heterocycles. The van der Waals surface area contributed by atoms with Crippen LogP contribution in [0.4, 0.5) is 13.2 Å². The van der Waals surface area contributed by atoms with E-state index in [1.807, 2.05) is 0 Å². The minimum absolute atomic E-state index is 0.0291. The second-order valence-corrected chi connectivity index (χ2v) is 4.27. The number of ketones is 1. The normalized spacial score (nSPS) is 20.3. The molecule has 1 aliphatic heterocycles. The molecule has 6 heteroatoms. The Morgan fingerprint density at radius 2 is 2.11 bits per heavy atom. The van der Waals surface area contributed by atoms with Crippen molar-refractivity contribution in [2.24, 2.45) is 0 Å². The molecule has 1 aromatic carbocycles. The third-order valence-electron chi connectivity index (χ3n) is 2.81. The average molecular weight is 274 g/mol. The highest BCUT2D eigenvalue weighted by atomic mass is 19.4. The van der Waals surface area contributed by atoms with Crippen molar-refractivity contribution in [3.63, 3.8) is 0 Å². The van der Waals surface area contributed by atoms with Gasteiger partial charge in [-0.3, -0.25) is 4.79 Å². The zero-order valence-electron chi connectivity index (χ0n) is 10.1. The van der Waals surface area contributed by atoms with E-state index in [1.165, 1.54) is 12.1 Å². The Morgan fingerprint density at radius 3 is 2.74 bits per heavy atom. The van der Waals surface area contributed by atoms with Crippen LogP contribution in [0.3, 0.4) is 0 Å². The van der Waals surface area contributed by atoms with Crippen LogP contribution in [0.2, 0.25) is 0 Å². The summed E-state index contributed by atoms with van der Waals surface area (Å²) in [5.41, 5.74) is -0.775. The van der Waals surface area contributed by atoms with E-state index < -0.39 is 11.7 Å². The van der Waals surface area contributed by atoms with Crippen LogP contribution in [-0.4, -0.2) is 31.7 Å². The summed E-state index contributed by atoms with van der Waals surface area (Å²) in [6.45, 7) is 1.18. The molecule has 0 aromatic heterocycles. The van der Waals surface area contributed by atoms with Crippen LogP contribution in [0.1, 0.15) is 22.3 Å². The standard InChI is InChI=1S/C13H13F3O3/c14-13(15,16)10-3-1-2-9(6-10)12(17)7-11-8-18-4-5-19-11/h1-3,6,11H,4-5,7-8H2. The van der Waals surface area contributed by atoms with Crippen molar-refractivity contribution in [3.05, 3.63) is 35.4 Å². The van der Waals surface area contributed by atoms with E-state index in [-0.39, 0.29) is 23.9 Å². The van der Waals surface area contributed by atoms with Gasteiger partial charge in [-0.15, -0.1) is 0 Å². The Hall–Kier alpha value is -1.40. The molecule has 0 amide bonds. The number of halogens is 3. The quantitative estimate of drug-likeness (QED) is 0.795. The van der Waals surface area contributed by atoms with E-state index in [9.17, 15) is 18.0 Å². The first-order chi connectivity index (χ1) is 8.97. The van der Waals surface area contributed by atoms with Crippen molar-refractivity contribution in [3.8, 4) is 0 Å². The van der Waals surface area contributed by atoms with Gasteiger partial charge in [0, 0.05) is 12.0 Å². The summed E-state index contributed by atoms with van der Waals surface area (Å²) in [7, 11) is 0. The number of hydrogen-bond acceptors (Lipinski definition) is 3. The van der Waals surface area contributed by atoms with Crippen molar-refractivity contribution in [1.29, 1.82) is 0 Å². The Kier molecular flexibility index (Phi) is 4.21. The predicted octanol–water partition coefficient (Wildman–Crippen LogP) is 2.69. The largest absolute Gasteiger partial charge is 0.416 e. The average Bonchev–Trinajstić information content (AvgIpc) is 2.39. The van der Waals surface area contributed by atoms with E-state index in [0.29, 0.717) is 19.8 Å². The number of Topliss-reactive ketones (excluding diaryl/α,β-unsaturated/α-hetero) is 1. The molecule has 0 saturated carbocycles. The molecule has 3 nitrogen and oxygen atoms in total. The maximum atomic E-state index is 12.5. The molecule has 1 fully saturated rings. The molecule has 1 atom stereocenters. The first-order valence-corrected chi connectivity index (χ1v) is 5.86. The van der Waals surface area contributed by atoms with Crippen LogP contribution in [0.5, 0.6) is 0 Å². The van der Waals surface area contributed by atoms with E-state index in [0.717, 1.165) is 12.1 Å². The number of hydrogen-bond donors (Lipinski definition) is 0. The maximum Gasteiger partial charge on any atom is 0.416 e. The molecular weight excluding hydrogens is 261 g/mol. The second kappa shape index (κ2) is 5.71. The lowest BCUT2D eigenvalue weighted by molar-refractivity contribution is -0.137. The van der Waals surface area contributed by atoms with Crippen molar-refractivity contribution >= 4 is 5.78 Å². The van der Waals surface area contributed by atoms with Crippen LogP contribution in [0.25, 0.3) is 0 Å². The molecule has 0 radical (unpaired) electrons. The third-order valence-corrected chi connectivity index (χ3v) is 2.81. The first-order valence-electron chi connectivity index (χ1n) is 5.86. The highest BCUT2D eigenvalue weighted by molar-refractivity contribution is 5.96. The van der Waals surface area contributed by atoms with E-state index in [1.54, 1.807) is 0 Å². The number of carbonyl (C=O) groups is 1. The van der Waals surface area contributed by atoms with Gasteiger partial charge in [-0.1, -0.05) is 12.1 Å². The zero-order valence-corrected chi connectivity index (χ0v) is 10.1. The molecule has 1 aliphatic rings. The fourth-order valence-electron chi connectivity index (χ4n) is 1.85. The van der Waals surface area contributed by atoms with Crippen molar-refractivity contribution in [2.75, 3.05) is 19.8 Å². The SMILES string of the molecule is O=C(CC1COCCO1)c1cccc(C(F)(F)F)c1. The van der Waals surface area contributed by atoms with Crippen LogP contribution >= 0.6 is 0 Å². The monoisotopic (exact) mass is 274 g/mol. The summed E-state index contributed by atoms with van der Waals surface area (Å²) in [4.78, 5) is 11.9. The summed E-state index contributed by atoms with van der Waals surface area (Å²) < 4.78 is 48.0. The first kappa shape index (κ1) is 14.0. The van der Waals surface area contributed by atoms with Crippen molar-refractivity contribution in [1.82, 2.24) is 0 Å². The summed E-state index contributed by atoms with van der Waals surface area (Å²) in [6.07, 6.45) is -4.79. The lowest BCUT2D eigenvalue weighted by atomic mass is 10.0. The smallest absolute Gasteiger partial charge is 0.376 e. The van der Waals surface area contributed by atoms with Crippen LogP contribution < -0.4 is 0 Å². The topological polar surface area (TPSA) is 35.5 Å². The van der Waals surface area contributed by atoms with E-state index in [4.69, 9.17) is 9.47 Å². The fourth-order valence-corrected chi connectivity index (χ4v) is 1.85. The molecule has 1 aromatic rings. The number of alkyl halides is 3. The Bertz CT molecular complexity index is 451. The summed E-state index contributed by atoms with van der Waals surface area (Å²) >= 11 is 0. The van der Waals surface area contributed by atoms with E-state index in [2.05, 4.69) is 0 Å². The Morgan fingerprint density at radius 1 is 1.32 bits per heavy atom. The van der Waals surface area contributed by atoms with Crippen LogP contribution in [0.15, 0.2) is 24.3 Å². The fraction of sp³-hybridized carbons (Fsp3) is 0.462. The number of benzene rings is 1. The van der Waals surface area contributed by atoms with Gasteiger partial charge in [0.15, 0.2) is 5.78 Å². The highest BCUT2D eigenvalue weighted by Crippen LogP contribution is 2.29. The van der Waals surface area contributed by atoms with Gasteiger partial charge >= 0.3 is 6.18 Å². The zero-order chi connectivity index (χ0) is 13.9. The molecule has 2 rings (SSSR count). The Balaban J connectivity index is 2.06. The summed E-state index contributed by atoms with van der Waals surface area (Å²) in [6, 6.07) is 4.42. The van der Waals surface area contributed by atoms with Gasteiger partial charge in [-0.25, -0.2) is 0 Å². The lowest BCUT2D eigenvalue weighted by Gasteiger charge is -2.22. The van der Waals surface area contributed by atoms with Crippen LogP contribution in [-0.2, 0) is 15.7 Å². The summed E-state index contributed by atoms with van der Waals surface area (Å²) in [5.74, 6) is -0.374. The van der Waals surface area contributed by atoms with Gasteiger partial charge in [-0.2, -0.15) is 13.2 Å². The molecule has 1 heterocycles. The molecule has 0 N–H and O–H groups in total. The molecule has 1 unspecified atom stereocenters. The number of ether oxygens (including phenoxy) is 2. The molecule has 19 heavy (non-hydrogen) atoms. The minimum atomic E-state index is -4.44. The summed E-state index contributed by atoms with van der Waals surface area (Å²) in [5, 5.41) is 0. The lowest BCUT2D eigenvalue weighted by Crippen LogP contribution is -2.30. The van der Waals surface area contributed by atoms with Gasteiger partial charge in [0.2, 0.25) is 0 Å². The van der Waals surface area contributed by atoms with Gasteiger partial charge in [-0.05, 0) is 12.1 Å². The second-order valence-electron chi connectivity index (χ2n) is 4.27. The van der Waals surface area contributed by atoms with E-state index >= 15 is 0 Å². The maximum absolute atomic E-state index is 12.5. The molecule has 0 bridgehead atoms. The van der Waals surface area contributed by atoms with Gasteiger partial charge in [0.05, 0.1) is 31.5 Å². The molecule has 0 spiro atoms. The van der Waals surface area contributed by atoms with Gasteiger partial charge in [0.1, 0.15) is 0 Å². The Labute approximate surface area is 108 Å². The predicted molar refractivity (Wildman–Crippen MR) is 61.0 cm³/mol. The molecular formula is C13H13F3O3.